The van der Waals surface area contributed by atoms with Crippen LogP contribution in [-0.2, 0) is 4.74 Å². The fraction of sp³-hybridized carbons (Fsp3) is 0.929. The van der Waals surface area contributed by atoms with E-state index in [2.05, 4.69) is 47.6 Å². The summed E-state index contributed by atoms with van der Waals surface area (Å²) in [7, 11) is 0. The number of epoxide rings is 1. The van der Waals surface area contributed by atoms with E-state index < -0.39 is 0 Å². The summed E-state index contributed by atoms with van der Waals surface area (Å²) in [6, 6.07) is 0. The number of fused-ring (bicyclic) bond motifs is 5. The molecule has 0 amide bonds. The fourth-order valence-corrected chi connectivity index (χ4v) is 9.14. The Hall–Kier alpha value is -0.340. The molecule has 2 nitrogen and oxygen atoms in total. The van der Waals surface area contributed by atoms with Crippen LogP contribution in [0.2, 0.25) is 0 Å². The Morgan fingerprint density at radius 3 is 2.47 bits per heavy atom. The van der Waals surface area contributed by atoms with Crippen LogP contribution >= 0.6 is 0 Å². The molecule has 0 aromatic carbocycles. The molecule has 1 aliphatic heterocycles. The van der Waals surface area contributed by atoms with Gasteiger partial charge in [0.25, 0.3) is 0 Å². The van der Waals surface area contributed by atoms with E-state index in [1.54, 1.807) is 5.57 Å². The predicted molar refractivity (Wildman–Crippen MR) is 123 cm³/mol. The van der Waals surface area contributed by atoms with E-state index >= 15 is 0 Å². The Kier molecular flexibility index (Phi) is 5.26. The van der Waals surface area contributed by atoms with Crippen molar-refractivity contribution >= 4 is 0 Å². The van der Waals surface area contributed by atoms with E-state index in [-0.39, 0.29) is 6.10 Å². The molecular weight excluding hydrogens is 368 g/mol. The number of aliphatic hydroxyl groups excluding tert-OH is 1. The Bertz CT molecular complexity index is 697. The van der Waals surface area contributed by atoms with Crippen molar-refractivity contribution in [2.24, 2.45) is 52.3 Å². The highest BCUT2D eigenvalue weighted by atomic mass is 16.6. The van der Waals surface area contributed by atoms with Gasteiger partial charge in [0.1, 0.15) is 0 Å². The second-order valence-corrected chi connectivity index (χ2v) is 12.9. The molecule has 3 saturated carbocycles. The first-order valence-corrected chi connectivity index (χ1v) is 13.2. The standard InChI is InChI=1S/C28H46O2/c1-16(2)17(3)25-26(30-25)18(4)22-9-10-23-21-8-7-19-15-20(29)11-13-27(19,5)24(21)12-14-28(22,23)6/h7,16-18,20-26,29H,8-15H2,1-6H3/t17-,18+,20+,21?,22-,23?,24?,25-,26-,27+,28-/m1/s1. The van der Waals surface area contributed by atoms with E-state index in [4.69, 9.17) is 4.74 Å². The maximum atomic E-state index is 10.2. The minimum atomic E-state index is -0.0915. The normalized spacial score (nSPS) is 52.1. The zero-order valence-electron chi connectivity index (χ0n) is 20.4. The monoisotopic (exact) mass is 414 g/mol. The van der Waals surface area contributed by atoms with E-state index in [0.717, 1.165) is 36.5 Å². The Balaban J connectivity index is 1.34. The molecule has 5 aliphatic rings. The van der Waals surface area contributed by atoms with Crippen molar-refractivity contribution in [1.29, 1.82) is 0 Å². The topological polar surface area (TPSA) is 32.8 Å². The van der Waals surface area contributed by atoms with Crippen LogP contribution in [0.1, 0.15) is 92.9 Å². The van der Waals surface area contributed by atoms with Crippen LogP contribution in [0.4, 0.5) is 0 Å². The summed E-state index contributed by atoms with van der Waals surface area (Å²) >= 11 is 0. The van der Waals surface area contributed by atoms with E-state index in [1.165, 1.54) is 38.5 Å². The van der Waals surface area contributed by atoms with Gasteiger partial charge in [-0.2, -0.15) is 0 Å². The Morgan fingerprint density at radius 2 is 1.73 bits per heavy atom. The summed E-state index contributed by atoms with van der Waals surface area (Å²) in [5, 5.41) is 10.2. The summed E-state index contributed by atoms with van der Waals surface area (Å²) in [6.07, 6.45) is 13.6. The first-order chi connectivity index (χ1) is 14.2. The molecule has 0 aromatic heterocycles. The number of ether oxygens (including phenoxy) is 1. The van der Waals surface area contributed by atoms with Gasteiger partial charge in [0.15, 0.2) is 0 Å². The van der Waals surface area contributed by atoms with Crippen molar-refractivity contribution < 1.29 is 9.84 Å². The third-order valence-corrected chi connectivity index (χ3v) is 11.4. The Labute approximate surface area is 185 Å². The van der Waals surface area contributed by atoms with E-state index in [9.17, 15) is 5.11 Å². The van der Waals surface area contributed by atoms with Gasteiger partial charge in [-0.05, 0) is 104 Å². The van der Waals surface area contributed by atoms with Crippen molar-refractivity contribution in [3.63, 3.8) is 0 Å². The molecule has 11 atom stereocenters. The molecule has 3 unspecified atom stereocenters. The van der Waals surface area contributed by atoms with E-state index in [0.29, 0.717) is 40.8 Å². The van der Waals surface area contributed by atoms with Crippen LogP contribution in [0.15, 0.2) is 11.6 Å². The number of hydrogen-bond donors (Lipinski definition) is 1. The number of allylic oxidation sites excluding steroid dienone is 1. The van der Waals surface area contributed by atoms with Crippen molar-refractivity contribution in [3.05, 3.63) is 11.6 Å². The number of hydrogen-bond acceptors (Lipinski definition) is 2. The van der Waals surface area contributed by atoms with Gasteiger partial charge in [-0.25, -0.2) is 0 Å². The average Bonchev–Trinajstić information content (AvgIpc) is 3.42. The molecule has 1 saturated heterocycles. The zero-order valence-corrected chi connectivity index (χ0v) is 20.4. The van der Waals surface area contributed by atoms with Gasteiger partial charge in [-0.3, -0.25) is 0 Å². The third kappa shape index (κ3) is 3.10. The number of rotatable bonds is 4. The second-order valence-electron chi connectivity index (χ2n) is 12.9. The van der Waals surface area contributed by atoms with Gasteiger partial charge in [-0.1, -0.05) is 53.2 Å². The van der Waals surface area contributed by atoms with Crippen LogP contribution in [0, 0.1) is 52.3 Å². The lowest BCUT2D eigenvalue weighted by Crippen LogP contribution is -2.51. The molecule has 1 heterocycles. The molecule has 0 aromatic rings. The molecule has 2 heteroatoms. The van der Waals surface area contributed by atoms with Crippen molar-refractivity contribution in [1.82, 2.24) is 0 Å². The number of aliphatic hydroxyl groups is 1. The average molecular weight is 415 g/mol. The summed E-state index contributed by atoms with van der Waals surface area (Å²) < 4.78 is 6.31. The molecule has 170 valence electrons. The van der Waals surface area contributed by atoms with Crippen molar-refractivity contribution in [3.8, 4) is 0 Å². The summed E-state index contributed by atoms with van der Waals surface area (Å²) in [5.74, 6) is 5.56. The highest BCUT2D eigenvalue weighted by molar-refractivity contribution is 5.25. The molecule has 1 N–H and O–H groups in total. The zero-order chi connectivity index (χ0) is 21.4. The van der Waals surface area contributed by atoms with Gasteiger partial charge in [0.2, 0.25) is 0 Å². The molecule has 4 aliphatic carbocycles. The smallest absolute Gasteiger partial charge is 0.0873 e. The van der Waals surface area contributed by atoms with Gasteiger partial charge in [-0.15, -0.1) is 0 Å². The lowest BCUT2D eigenvalue weighted by atomic mass is 9.47. The van der Waals surface area contributed by atoms with Gasteiger partial charge in [0, 0.05) is 0 Å². The van der Waals surface area contributed by atoms with Crippen LogP contribution < -0.4 is 0 Å². The minimum absolute atomic E-state index is 0.0915. The molecule has 0 spiro atoms. The Morgan fingerprint density at radius 1 is 0.967 bits per heavy atom. The fourth-order valence-electron chi connectivity index (χ4n) is 9.14. The molecule has 30 heavy (non-hydrogen) atoms. The molecule has 4 fully saturated rings. The third-order valence-electron chi connectivity index (χ3n) is 11.4. The van der Waals surface area contributed by atoms with Gasteiger partial charge >= 0.3 is 0 Å². The first kappa shape index (κ1) is 21.5. The maximum absolute atomic E-state index is 10.2. The van der Waals surface area contributed by atoms with Crippen LogP contribution in [0.25, 0.3) is 0 Å². The lowest BCUT2D eigenvalue weighted by molar-refractivity contribution is -0.0582. The SMILES string of the molecule is CC(C)[C@@H](C)[C@H]1O[C@@H]1[C@@H](C)[C@H]1CCC2C3CC=C4C[C@@H](O)CC[C@]4(C)C3CC[C@@]21C. The second kappa shape index (κ2) is 7.34. The van der Waals surface area contributed by atoms with Gasteiger partial charge in [0.05, 0.1) is 18.3 Å². The maximum Gasteiger partial charge on any atom is 0.0873 e. The van der Waals surface area contributed by atoms with Crippen molar-refractivity contribution in [2.75, 3.05) is 0 Å². The molecule has 0 bridgehead atoms. The highest BCUT2D eigenvalue weighted by Crippen LogP contribution is 2.67. The van der Waals surface area contributed by atoms with Crippen LogP contribution in [0.3, 0.4) is 0 Å². The summed E-state index contributed by atoms with van der Waals surface area (Å²) in [6.45, 7) is 14.8. The largest absolute Gasteiger partial charge is 0.393 e. The lowest BCUT2D eigenvalue weighted by Gasteiger charge is -2.58. The summed E-state index contributed by atoms with van der Waals surface area (Å²) in [4.78, 5) is 0. The van der Waals surface area contributed by atoms with Crippen LogP contribution in [-0.4, -0.2) is 23.4 Å². The predicted octanol–water partition coefficient (Wildman–Crippen LogP) is 6.62. The highest BCUT2D eigenvalue weighted by Gasteiger charge is 2.61. The quantitative estimate of drug-likeness (QED) is 0.414. The first-order valence-electron chi connectivity index (χ1n) is 13.2. The van der Waals surface area contributed by atoms with Crippen LogP contribution in [0.5, 0.6) is 0 Å². The molecule has 5 rings (SSSR count). The van der Waals surface area contributed by atoms with E-state index in [1.807, 2.05) is 0 Å². The molecular formula is C28H46O2. The molecule has 0 radical (unpaired) electrons. The minimum Gasteiger partial charge on any atom is -0.393 e. The van der Waals surface area contributed by atoms with Crippen molar-refractivity contribution in [2.45, 2.75) is 111 Å². The van der Waals surface area contributed by atoms with Gasteiger partial charge < -0.3 is 9.84 Å². The summed E-state index contributed by atoms with van der Waals surface area (Å²) in [5.41, 5.74) is 2.48.